The topological polar surface area (TPSA) is 27.1 Å². The summed E-state index contributed by atoms with van der Waals surface area (Å²) >= 11 is 3.52. The fraction of sp³-hybridized carbons (Fsp3) is 0.750. The van der Waals surface area contributed by atoms with Gasteiger partial charge in [-0.25, -0.2) is 0 Å². The molecule has 1 rings (SSSR count). The lowest BCUT2D eigenvalue weighted by Gasteiger charge is -2.12. The van der Waals surface area contributed by atoms with Crippen LogP contribution in [0.5, 0.6) is 0 Å². The molecule has 0 fully saturated rings. The third-order valence-corrected chi connectivity index (χ3v) is 3.36. The molecular weight excluding hydrogens is 268 g/mol. The second kappa shape index (κ2) is 7.07. The fourth-order valence-electron chi connectivity index (χ4n) is 1.37. The van der Waals surface area contributed by atoms with E-state index in [9.17, 15) is 0 Å². The highest BCUT2D eigenvalue weighted by Gasteiger charge is 2.09. The molecule has 0 radical (unpaired) electrons. The Bertz CT molecular complexity index is 312. The van der Waals surface area contributed by atoms with Crippen LogP contribution >= 0.6 is 15.9 Å². The highest BCUT2D eigenvalue weighted by Crippen LogP contribution is 2.18. The average Bonchev–Trinajstić information content (AvgIpc) is 2.64. The van der Waals surface area contributed by atoms with Crippen molar-refractivity contribution in [1.82, 2.24) is 9.78 Å². The SMILES string of the molecule is CCCCn1ncc(Br)c1CO[C@@H](C)CC. The molecule has 0 amide bonds. The first-order valence-electron chi connectivity index (χ1n) is 6.00. The second-order valence-electron chi connectivity index (χ2n) is 4.05. The molecule has 0 unspecified atom stereocenters. The number of aryl methyl sites for hydroxylation is 1. The molecule has 92 valence electrons. The molecule has 1 atom stereocenters. The third-order valence-electron chi connectivity index (χ3n) is 2.70. The van der Waals surface area contributed by atoms with E-state index in [1.165, 1.54) is 6.42 Å². The van der Waals surface area contributed by atoms with Gasteiger partial charge >= 0.3 is 0 Å². The number of halogens is 1. The van der Waals surface area contributed by atoms with Crippen molar-refractivity contribution in [3.63, 3.8) is 0 Å². The number of ether oxygens (including phenoxy) is 1. The van der Waals surface area contributed by atoms with Crippen molar-refractivity contribution in [1.29, 1.82) is 0 Å². The maximum absolute atomic E-state index is 5.75. The van der Waals surface area contributed by atoms with Crippen LogP contribution in [0.15, 0.2) is 10.7 Å². The maximum atomic E-state index is 5.75. The van der Waals surface area contributed by atoms with Crippen molar-refractivity contribution >= 4 is 15.9 Å². The van der Waals surface area contributed by atoms with E-state index in [1.807, 2.05) is 10.9 Å². The monoisotopic (exact) mass is 288 g/mol. The Hall–Kier alpha value is -0.350. The summed E-state index contributed by atoms with van der Waals surface area (Å²) in [4.78, 5) is 0. The predicted molar refractivity (Wildman–Crippen MR) is 69.4 cm³/mol. The summed E-state index contributed by atoms with van der Waals surface area (Å²) in [5, 5.41) is 4.35. The Morgan fingerprint density at radius 3 is 2.88 bits per heavy atom. The van der Waals surface area contributed by atoms with Crippen LogP contribution in [0.3, 0.4) is 0 Å². The van der Waals surface area contributed by atoms with Crippen molar-refractivity contribution < 1.29 is 4.74 Å². The van der Waals surface area contributed by atoms with Gasteiger partial charge in [0, 0.05) is 6.54 Å². The van der Waals surface area contributed by atoms with Gasteiger partial charge in [0.1, 0.15) is 0 Å². The van der Waals surface area contributed by atoms with Crippen LogP contribution < -0.4 is 0 Å². The zero-order chi connectivity index (χ0) is 12.0. The molecule has 1 heterocycles. The molecule has 16 heavy (non-hydrogen) atoms. The smallest absolute Gasteiger partial charge is 0.0899 e. The minimum atomic E-state index is 0.307. The van der Waals surface area contributed by atoms with E-state index in [4.69, 9.17) is 4.74 Å². The molecule has 3 nitrogen and oxygen atoms in total. The lowest BCUT2D eigenvalue weighted by atomic mass is 10.3. The van der Waals surface area contributed by atoms with Gasteiger partial charge in [0.2, 0.25) is 0 Å². The Kier molecular flexibility index (Phi) is 6.06. The van der Waals surface area contributed by atoms with Crippen LogP contribution in [0, 0.1) is 0 Å². The fourth-order valence-corrected chi connectivity index (χ4v) is 1.78. The van der Waals surface area contributed by atoms with Gasteiger partial charge in [-0.1, -0.05) is 20.3 Å². The lowest BCUT2D eigenvalue weighted by molar-refractivity contribution is 0.0462. The minimum Gasteiger partial charge on any atom is -0.372 e. The van der Waals surface area contributed by atoms with Gasteiger partial charge in [0.25, 0.3) is 0 Å². The average molecular weight is 289 g/mol. The summed E-state index contributed by atoms with van der Waals surface area (Å²) in [6.07, 6.45) is 5.54. The lowest BCUT2D eigenvalue weighted by Crippen LogP contribution is -2.11. The van der Waals surface area contributed by atoms with Gasteiger partial charge in [0.15, 0.2) is 0 Å². The molecule has 4 heteroatoms. The van der Waals surface area contributed by atoms with Gasteiger partial charge in [-0.15, -0.1) is 0 Å². The van der Waals surface area contributed by atoms with Crippen molar-refractivity contribution in [2.24, 2.45) is 0 Å². The second-order valence-corrected chi connectivity index (χ2v) is 4.90. The molecule has 0 aromatic carbocycles. The maximum Gasteiger partial charge on any atom is 0.0899 e. The Morgan fingerprint density at radius 2 is 2.25 bits per heavy atom. The van der Waals surface area contributed by atoms with Crippen LogP contribution in [0.1, 0.15) is 45.7 Å². The summed E-state index contributed by atoms with van der Waals surface area (Å²) in [5.74, 6) is 0. The summed E-state index contributed by atoms with van der Waals surface area (Å²) in [7, 11) is 0. The van der Waals surface area contributed by atoms with Crippen molar-refractivity contribution in [2.75, 3.05) is 0 Å². The Labute approximate surface area is 106 Å². The Balaban J connectivity index is 2.58. The molecule has 0 spiro atoms. The summed E-state index contributed by atoms with van der Waals surface area (Å²) in [5.41, 5.74) is 1.15. The van der Waals surface area contributed by atoms with E-state index < -0.39 is 0 Å². The molecule has 0 aliphatic rings. The molecule has 0 aliphatic heterocycles. The highest BCUT2D eigenvalue weighted by molar-refractivity contribution is 9.10. The number of unbranched alkanes of at least 4 members (excludes halogenated alkanes) is 1. The molecule has 0 aliphatic carbocycles. The Morgan fingerprint density at radius 1 is 1.50 bits per heavy atom. The molecule has 0 bridgehead atoms. The predicted octanol–water partition coefficient (Wildman–Crippen LogP) is 3.76. The van der Waals surface area contributed by atoms with Crippen LogP contribution in [0.2, 0.25) is 0 Å². The molecule has 1 aromatic heterocycles. The van der Waals surface area contributed by atoms with E-state index >= 15 is 0 Å². The zero-order valence-electron chi connectivity index (χ0n) is 10.4. The van der Waals surface area contributed by atoms with Crippen molar-refractivity contribution in [3.8, 4) is 0 Å². The zero-order valence-corrected chi connectivity index (χ0v) is 12.0. The number of hydrogen-bond donors (Lipinski definition) is 0. The van der Waals surface area contributed by atoms with E-state index in [2.05, 4.69) is 41.8 Å². The van der Waals surface area contributed by atoms with Gasteiger partial charge in [-0.3, -0.25) is 4.68 Å². The quantitative estimate of drug-likeness (QED) is 0.764. The molecule has 0 saturated heterocycles. The number of hydrogen-bond acceptors (Lipinski definition) is 2. The van der Waals surface area contributed by atoms with Crippen LogP contribution in [-0.4, -0.2) is 15.9 Å². The minimum absolute atomic E-state index is 0.307. The largest absolute Gasteiger partial charge is 0.372 e. The van der Waals surface area contributed by atoms with Crippen LogP contribution in [-0.2, 0) is 17.9 Å². The van der Waals surface area contributed by atoms with E-state index in [0.717, 1.165) is 29.6 Å². The molecular formula is C12H21BrN2O. The first kappa shape index (κ1) is 13.7. The first-order chi connectivity index (χ1) is 7.69. The van der Waals surface area contributed by atoms with Gasteiger partial charge in [-0.2, -0.15) is 5.10 Å². The van der Waals surface area contributed by atoms with Crippen LogP contribution in [0.4, 0.5) is 0 Å². The van der Waals surface area contributed by atoms with Gasteiger partial charge in [0.05, 0.1) is 29.1 Å². The molecule has 1 aromatic rings. The van der Waals surface area contributed by atoms with E-state index in [1.54, 1.807) is 0 Å². The standard InChI is InChI=1S/C12H21BrN2O/c1-4-6-7-15-12(11(13)8-14-15)9-16-10(3)5-2/h8,10H,4-7,9H2,1-3H3/t10-/m0/s1. The van der Waals surface area contributed by atoms with E-state index in [-0.39, 0.29) is 0 Å². The van der Waals surface area contributed by atoms with Gasteiger partial charge in [-0.05, 0) is 35.7 Å². The summed E-state index contributed by atoms with van der Waals surface area (Å²) in [6, 6.07) is 0. The number of aromatic nitrogens is 2. The normalized spacial score (nSPS) is 13.0. The first-order valence-corrected chi connectivity index (χ1v) is 6.80. The van der Waals surface area contributed by atoms with Gasteiger partial charge < -0.3 is 4.74 Å². The number of nitrogens with zero attached hydrogens (tertiary/aromatic N) is 2. The summed E-state index contributed by atoms with van der Waals surface area (Å²) < 4.78 is 8.83. The van der Waals surface area contributed by atoms with Crippen molar-refractivity contribution in [3.05, 3.63) is 16.4 Å². The van der Waals surface area contributed by atoms with Crippen molar-refractivity contribution in [2.45, 2.75) is 59.3 Å². The van der Waals surface area contributed by atoms with Crippen LogP contribution in [0.25, 0.3) is 0 Å². The number of rotatable bonds is 7. The third kappa shape index (κ3) is 3.91. The highest BCUT2D eigenvalue weighted by atomic mass is 79.9. The molecule has 0 N–H and O–H groups in total. The molecule has 0 saturated carbocycles. The van der Waals surface area contributed by atoms with E-state index in [0.29, 0.717) is 12.7 Å². The summed E-state index contributed by atoms with van der Waals surface area (Å²) in [6.45, 7) is 8.03.